The zero-order chi connectivity index (χ0) is 10.1. The molecule has 0 aromatic rings. The molecule has 0 aliphatic carbocycles. The van der Waals surface area contributed by atoms with Gasteiger partial charge in [0.05, 0.1) is 0 Å². The van der Waals surface area contributed by atoms with Crippen molar-refractivity contribution in [1.29, 1.82) is 0 Å². The predicted octanol–water partition coefficient (Wildman–Crippen LogP) is 4.81. The molecule has 0 N–H and O–H groups in total. The fraction of sp³-hybridized carbons (Fsp3) is 0.846. The van der Waals surface area contributed by atoms with Gasteiger partial charge in [-0.1, -0.05) is 52.5 Å². The zero-order valence-corrected chi connectivity index (χ0v) is 9.68. The van der Waals surface area contributed by atoms with Crippen molar-refractivity contribution in [2.24, 2.45) is 11.8 Å². The van der Waals surface area contributed by atoms with Gasteiger partial charge in [0.15, 0.2) is 0 Å². The van der Waals surface area contributed by atoms with Crippen LogP contribution in [0.2, 0.25) is 0 Å². The number of hydrogen-bond acceptors (Lipinski definition) is 0. The first-order chi connectivity index (χ1) is 6.16. The molecule has 0 saturated carbocycles. The summed E-state index contributed by atoms with van der Waals surface area (Å²) in [6.45, 7) is 10.7. The topological polar surface area (TPSA) is 0 Å². The van der Waals surface area contributed by atoms with E-state index in [1.807, 2.05) is 6.08 Å². The molecule has 0 radical (unpaired) electrons. The lowest BCUT2D eigenvalue weighted by atomic mass is 9.95. The standard InChI is InChI=1S/C13H26/c1-5-6-7-10-13(4)11-8-9-12(2)3/h5,12-13H,1,6-11H2,2-4H3. The lowest BCUT2D eigenvalue weighted by Gasteiger charge is -2.11. The Hall–Kier alpha value is -0.260. The van der Waals surface area contributed by atoms with Crippen molar-refractivity contribution in [2.45, 2.75) is 59.3 Å². The molecule has 0 heterocycles. The minimum atomic E-state index is 0.875. The van der Waals surface area contributed by atoms with Gasteiger partial charge in [0.2, 0.25) is 0 Å². The van der Waals surface area contributed by atoms with E-state index in [0.717, 1.165) is 11.8 Å². The van der Waals surface area contributed by atoms with Crippen LogP contribution in [-0.2, 0) is 0 Å². The van der Waals surface area contributed by atoms with Gasteiger partial charge < -0.3 is 0 Å². The molecule has 0 amide bonds. The molecule has 0 nitrogen and oxygen atoms in total. The van der Waals surface area contributed by atoms with Crippen molar-refractivity contribution in [3.05, 3.63) is 12.7 Å². The molecule has 0 saturated heterocycles. The third-order valence-electron chi connectivity index (χ3n) is 2.58. The Labute approximate surface area is 84.4 Å². The molecular weight excluding hydrogens is 156 g/mol. The Morgan fingerprint density at radius 3 is 2.15 bits per heavy atom. The molecule has 1 unspecified atom stereocenters. The highest BCUT2D eigenvalue weighted by atomic mass is 14.1. The van der Waals surface area contributed by atoms with Gasteiger partial charge in [-0.2, -0.15) is 0 Å². The van der Waals surface area contributed by atoms with Crippen molar-refractivity contribution in [3.8, 4) is 0 Å². The van der Waals surface area contributed by atoms with Gasteiger partial charge in [-0.05, 0) is 24.7 Å². The monoisotopic (exact) mass is 182 g/mol. The molecule has 0 fully saturated rings. The van der Waals surface area contributed by atoms with E-state index in [2.05, 4.69) is 27.4 Å². The van der Waals surface area contributed by atoms with Crippen LogP contribution in [-0.4, -0.2) is 0 Å². The van der Waals surface area contributed by atoms with Gasteiger partial charge in [-0.3, -0.25) is 0 Å². The molecule has 0 rings (SSSR count). The minimum Gasteiger partial charge on any atom is -0.103 e. The van der Waals surface area contributed by atoms with Gasteiger partial charge in [-0.25, -0.2) is 0 Å². The lowest BCUT2D eigenvalue weighted by molar-refractivity contribution is 0.428. The summed E-state index contributed by atoms with van der Waals surface area (Å²) < 4.78 is 0. The number of unbranched alkanes of at least 4 members (excludes halogenated alkanes) is 1. The molecule has 0 aromatic heterocycles. The van der Waals surface area contributed by atoms with Gasteiger partial charge in [0.25, 0.3) is 0 Å². The van der Waals surface area contributed by atoms with Crippen molar-refractivity contribution in [3.63, 3.8) is 0 Å². The fourth-order valence-corrected chi connectivity index (χ4v) is 1.63. The Kier molecular flexibility index (Phi) is 8.18. The van der Waals surface area contributed by atoms with E-state index in [0.29, 0.717) is 0 Å². The summed E-state index contributed by atoms with van der Waals surface area (Å²) >= 11 is 0. The first kappa shape index (κ1) is 12.7. The van der Waals surface area contributed by atoms with E-state index in [1.54, 1.807) is 0 Å². The number of rotatable bonds is 8. The Morgan fingerprint density at radius 1 is 1.00 bits per heavy atom. The van der Waals surface area contributed by atoms with Crippen molar-refractivity contribution in [1.82, 2.24) is 0 Å². The average molecular weight is 182 g/mol. The zero-order valence-electron chi connectivity index (χ0n) is 9.68. The summed E-state index contributed by atoms with van der Waals surface area (Å²) in [5, 5.41) is 0. The third-order valence-corrected chi connectivity index (χ3v) is 2.58. The van der Waals surface area contributed by atoms with Gasteiger partial charge >= 0.3 is 0 Å². The second-order valence-corrected chi connectivity index (χ2v) is 4.65. The lowest BCUT2D eigenvalue weighted by Crippen LogP contribution is -1.96. The van der Waals surface area contributed by atoms with Crippen molar-refractivity contribution >= 4 is 0 Å². The maximum absolute atomic E-state index is 3.74. The third kappa shape index (κ3) is 9.66. The second-order valence-electron chi connectivity index (χ2n) is 4.65. The fourth-order valence-electron chi connectivity index (χ4n) is 1.63. The largest absolute Gasteiger partial charge is 0.103 e. The molecule has 0 aromatic carbocycles. The van der Waals surface area contributed by atoms with E-state index < -0.39 is 0 Å². The summed E-state index contributed by atoms with van der Waals surface area (Å²) in [6.07, 6.45) is 10.1. The van der Waals surface area contributed by atoms with E-state index in [1.165, 1.54) is 38.5 Å². The summed E-state index contributed by atoms with van der Waals surface area (Å²) in [5.74, 6) is 1.79. The first-order valence-corrected chi connectivity index (χ1v) is 5.77. The van der Waals surface area contributed by atoms with E-state index in [-0.39, 0.29) is 0 Å². The molecule has 0 bridgehead atoms. The van der Waals surface area contributed by atoms with Crippen LogP contribution in [0.3, 0.4) is 0 Å². The van der Waals surface area contributed by atoms with Gasteiger partial charge in [0.1, 0.15) is 0 Å². The smallest absolute Gasteiger partial charge is 0.0353 e. The van der Waals surface area contributed by atoms with Crippen molar-refractivity contribution < 1.29 is 0 Å². The number of allylic oxidation sites excluding steroid dienone is 1. The summed E-state index contributed by atoms with van der Waals surface area (Å²) in [6, 6.07) is 0. The highest BCUT2D eigenvalue weighted by molar-refractivity contribution is 4.66. The van der Waals surface area contributed by atoms with Crippen LogP contribution >= 0.6 is 0 Å². The molecule has 78 valence electrons. The predicted molar refractivity (Wildman–Crippen MR) is 61.9 cm³/mol. The second kappa shape index (κ2) is 8.34. The Bertz CT molecular complexity index is 113. The van der Waals surface area contributed by atoms with Crippen LogP contribution in [0.5, 0.6) is 0 Å². The Balaban J connectivity index is 3.19. The Morgan fingerprint density at radius 2 is 1.62 bits per heavy atom. The van der Waals surface area contributed by atoms with E-state index >= 15 is 0 Å². The number of hydrogen-bond donors (Lipinski definition) is 0. The van der Waals surface area contributed by atoms with E-state index in [9.17, 15) is 0 Å². The quantitative estimate of drug-likeness (QED) is 0.373. The maximum atomic E-state index is 3.74. The average Bonchev–Trinajstić information content (AvgIpc) is 2.04. The molecule has 13 heavy (non-hydrogen) atoms. The van der Waals surface area contributed by atoms with Crippen LogP contribution in [0.4, 0.5) is 0 Å². The maximum Gasteiger partial charge on any atom is -0.0353 e. The van der Waals surface area contributed by atoms with Gasteiger partial charge in [0, 0.05) is 0 Å². The van der Waals surface area contributed by atoms with Crippen LogP contribution in [0.25, 0.3) is 0 Å². The molecular formula is C13H26. The van der Waals surface area contributed by atoms with Crippen LogP contribution in [0.1, 0.15) is 59.3 Å². The summed E-state index contributed by atoms with van der Waals surface area (Å²) in [4.78, 5) is 0. The first-order valence-electron chi connectivity index (χ1n) is 5.77. The van der Waals surface area contributed by atoms with Crippen molar-refractivity contribution in [2.75, 3.05) is 0 Å². The highest BCUT2D eigenvalue weighted by Gasteiger charge is 2.02. The molecule has 0 aliphatic heterocycles. The van der Waals surface area contributed by atoms with Gasteiger partial charge in [-0.15, -0.1) is 6.58 Å². The normalized spacial score (nSPS) is 13.2. The van der Waals surface area contributed by atoms with Crippen LogP contribution < -0.4 is 0 Å². The van der Waals surface area contributed by atoms with E-state index in [4.69, 9.17) is 0 Å². The van der Waals surface area contributed by atoms with Crippen LogP contribution in [0, 0.1) is 11.8 Å². The minimum absolute atomic E-state index is 0.875. The SMILES string of the molecule is C=CCCCC(C)CCCC(C)C. The summed E-state index contributed by atoms with van der Waals surface area (Å²) in [5.41, 5.74) is 0. The summed E-state index contributed by atoms with van der Waals surface area (Å²) in [7, 11) is 0. The molecule has 0 heteroatoms. The molecule has 1 atom stereocenters. The molecule has 0 aliphatic rings. The molecule has 0 spiro atoms. The van der Waals surface area contributed by atoms with Crippen LogP contribution in [0.15, 0.2) is 12.7 Å². The highest BCUT2D eigenvalue weighted by Crippen LogP contribution is 2.17.